The predicted octanol–water partition coefficient (Wildman–Crippen LogP) is 9.74. The van der Waals surface area contributed by atoms with E-state index in [-0.39, 0.29) is 0 Å². The molecular weight excluding hydrogens is 553 g/mol. The second kappa shape index (κ2) is 8.61. The number of benzene rings is 5. The average molecular weight is 573 g/mol. The lowest BCUT2D eigenvalue weighted by Gasteiger charge is -2.08. The van der Waals surface area contributed by atoms with Crippen LogP contribution in [0.25, 0.3) is 66.2 Å². The number of halogens is 1. The van der Waals surface area contributed by atoms with Crippen LogP contribution in [0.3, 0.4) is 0 Å². The summed E-state index contributed by atoms with van der Waals surface area (Å²) in [6.45, 7) is 0. The normalized spacial score (nSPS) is 11.5. The lowest BCUT2D eigenvalue weighted by molar-refractivity contribution is 0.669. The van der Waals surface area contributed by atoms with E-state index in [0.29, 0.717) is 0 Å². The first-order chi connectivity index (χ1) is 17.7. The number of furan rings is 1. The summed E-state index contributed by atoms with van der Waals surface area (Å²) in [4.78, 5) is 4.81. The molecule has 0 saturated heterocycles. The molecular formula is C33H20INO. The molecule has 0 bridgehead atoms. The average Bonchev–Trinajstić information content (AvgIpc) is 3.31. The van der Waals surface area contributed by atoms with Crippen molar-refractivity contribution in [3.8, 4) is 33.5 Å². The van der Waals surface area contributed by atoms with Gasteiger partial charge < -0.3 is 4.42 Å². The Bertz CT molecular complexity index is 1880. The lowest BCUT2D eigenvalue weighted by atomic mass is 9.98. The third-order valence-corrected chi connectivity index (χ3v) is 7.51. The van der Waals surface area contributed by atoms with Crippen LogP contribution in [0.1, 0.15) is 0 Å². The standard InChI is InChI=1S/C33H20INO/c34-28-13-9-21(10-14-28)22-5-6-24-18-25(8-7-23(24)17-22)27-11-15-31(35-20-27)26-12-16-33-30(19-26)29-3-1-2-4-32(29)36-33/h1-20H. The molecule has 3 heteroatoms. The molecule has 7 aromatic rings. The van der Waals surface area contributed by atoms with Gasteiger partial charge in [-0.2, -0.15) is 0 Å². The van der Waals surface area contributed by atoms with E-state index >= 15 is 0 Å². The Morgan fingerprint density at radius 1 is 0.500 bits per heavy atom. The number of fused-ring (bicyclic) bond motifs is 4. The molecule has 2 nitrogen and oxygen atoms in total. The predicted molar refractivity (Wildman–Crippen MR) is 158 cm³/mol. The molecule has 0 spiro atoms. The minimum atomic E-state index is 0.901. The van der Waals surface area contributed by atoms with Gasteiger partial charge >= 0.3 is 0 Å². The molecule has 36 heavy (non-hydrogen) atoms. The van der Waals surface area contributed by atoms with E-state index in [1.54, 1.807) is 0 Å². The molecule has 5 aromatic carbocycles. The first-order valence-corrected chi connectivity index (χ1v) is 13.0. The van der Waals surface area contributed by atoms with Gasteiger partial charge in [-0.3, -0.25) is 4.98 Å². The monoisotopic (exact) mass is 573 g/mol. The first-order valence-electron chi connectivity index (χ1n) is 11.9. The van der Waals surface area contributed by atoms with Crippen molar-refractivity contribution in [3.05, 3.63) is 125 Å². The van der Waals surface area contributed by atoms with Crippen molar-refractivity contribution in [1.82, 2.24) is 4.98 Å². The topological polar surface area (TPSA) is 26.0 Å². The van der Waals surface area contributed by atoms with Crippen LogP contribution in [0, 0.1) is 3.57 Å². The Labute approximate surface area is 222 Å². The Morgan fingerprint density at radius 2 is 1.14 bits per heavy atom. The number of hydrogen-bond acceptors (Lipinski definition) is 2. The number of aromatic nitrogens is 1. The van der Waals surface area contributed by atoms with Crippen molar-refractivity contribution < 1.29 is 4.42 Å². The fourth-order valence-corrected chi connectivity index (χ4v) is 5.23. The maximum atomic E-state index is 5.97. The van der Waals surface area contributed by atoms with Gasteiger partial charge in [0.05, 0.1) is 5.69 Å². The van der Waals surface area contributed by atoms with E-state index in [1.807, 2.05) is 30.5 Å². The molecule has 0 radical (unpaired) electrons. The van der Waals surface area contributed by atoms with Gasteiger partial charge in [0.15, 0.2) is 0 Å². The molecule has 0 aliphatic rings. The molecule has 0 aliphatic heterocycles. The van der Waals surface area contributed by atoms with Crippen molar-refractivity contribution in [3.63, 3.8) is 0 Å². The van der Waals surface area contributed by atoms with Crippen LogP contribution in [-0.4, -0.2) is 4.98 Å². The van der Waals surface area contributed by atoms with Crippen LogP contribution in [0.4, 0.5) is 0 Å². The van der Waals surface area contributed by atoms with Crippen molar-refractivity contribution in [1.29, 1.82) is 0 Å². The maximum Gasteiger partial charge on any atom is 0.135 e. The van der Waals surface area contributed by atoms with Gasteiger partial charge in [-0.1, -0.05) is 60.7 Å². The number of pyridine rings is 1. The second-order valence-corrected chi connectivity index (χ2v) is 10.3. The highest BCUT2D eigenvalue weighted by Crippen LogP contribution is 2.33. The fraction of sp³-hybridized carbons (Fsp3) is 0. The minimum absolute atomic E-state index is 0.901. The third kappa shape index (κ3) is 3.76. The van der Waals surface area contributed by atoms with Crippen LogP contribution < -0.4 is 0 Å². The minimum Gasteiger partial charge on any atom is -0.456 e. The van der Waals surface area contributed by atoms with Crippen molar-refractivity contribution >= 4 is 55.3 Å². The Morgan fingerprint density at radius 3 is 1.89 bits per heavy atom. The van der Waals surface area contributed by atoms with E-state index in [2.05, 4.69) is 114 Å². The first kappa shape index (κ1) is 21.3. The van der Waals surface area contributed by atoms with Gasteiger partial charge in [-0.05, 0) is 105 Å². The molecule has 2 heterocycles. The SMILES string of the molecule is Ic1ccc(-c2ccc3cc(-c4ccc(-c5ccc6oc7ccccc7c6c5)nc4)ccc3c2)cc1. The van der Waals surface area contributed by atoms with Crippen LogP contribution in [0.15, 0.2) is 126 Å². The zero-order valence-electron chi connectivity index (χ0n) is 19.3. The zero-order chi connectivity index (χ0) is 24.1. The smallest absolute Gasteiger partial charge is 0.135 e. The summed E-state index contributed by atoms with van der Waals surface area (Å²) in [5.74, 6) is 0. The van der Waals surface area contributed by atoms with Crippen LogP contribution >= 0.6 is 22.6 Å². The highest BCUT2D eigenvalue weighted by Gasteiger charge is 2.09. The summed E-state index contributed by atoms with van der Waals surface area (Å²) >= 11 is 2.34. The summed E-state index contributed by atoms with van der Waals surface area (Å²) in [5.41, 5.74) is 8.60. The molecule has 0 aliphatic carbocycles. The highest BCUT2D eigenvalue weighted by atomic mass is 127. The maximum absolute atomic E-state index is 5.97. The van der Waals surface area contributed by atoms with Crippen molar-refractivity contribution in [2.75, 3.05) is 0 Å². The Hall–Kier alpha value is -3.96. The lowest BCUT2D eigenvalue weighted by Crippen LogP contribution is -1.86. The molecule has 0 unspecified atom stereocenters. The molecule has 0 amide bonds. The molecule has 7 rings (SSSR count). The molecule has 2 aromatic heterocycles. The quantitative estimate of drug-likeness (QED) is 0.197. The van der Waals surface area contributed by atoms with E-state index in [1.165, 1.54) is 31.0 Å². The fourth-order valence-electron chi connectivity index (χ4n) is 4.87. The Kier molecular flexibility index (Phi) is 5.10. The van der Waals surface area contributed by atoms with Gasteiger partial charge in [0, 0.05) is 31.7 Å². The molecule has 0 atom stereocenters. The van der Waals surface area contributed by atoms with Crippen molar-refractivity contribution in [2.45, 2.75) is 0 Å². The van der Waals surface area contributed by atoms with E-state index < -0.39 is 0 Å². The largest absolute Gasteiger partial charge is 0.456 e. The van der Waals surface area contributed by atoms with Gasteiger partial charge in [-0.25, -0.2) is 0 Å². The third-order valence-electron chi connectivity index (χ3n) is 6.79. The van der Waals surface area contributed by atoms with E-state index in [4.69, 9.17) is 9.40 Å². The van der Waals surface area contributed by atoms with Crippen molar-refractivity contribution in [2.24, 2.45) is 0 Å². The Balaban J connectivity index is 1.20. The molecule has 0 N–H and O–H groups in total. The van der Waals surface area contributed by atoms with Gasteiger partial charge in [-0.15, -0.1) is 0 Å². The summed E-state index contributed by atoms with van der Waals surface area (Å²) < 4.78 is 7.22. The number of rotatable bonds is 3. The van der Waals surface area contributed by atoms with Crippen LogP contribution in [0.5, 0.6) is 0 Å². The van der Waals surface area contributed by atoms with E-state index in [0.717, 1.165) is 38.8 Å². The number of para-hydroxylation sites is 1. The molecule has 0 saturated carbocycles. The summed E-state index contributed by atoms with van der Waals surface area (Å²) in [7, 11) is 0. The van der Waals surface area contributed by atoms with Crippen LogP contribution in [-0.2, 0) is 0 Å². The summed E-state index contributed by atoms with van der Waals surface area (Å²) in [6, 6.07) is 40.6. The summed E-state index contributed by atoms with van der Waals surface area (Å²) in [5, 5.41) is 4.71. The molecule has 170 valence electrons. The highest BCUT2D eigenvalue weighted by molar-refractivity contribution is 14.1. The van der Waals surface area contributed by atoms with Gasteiger partial charge in [0.2, 0.25) is 0 Å². The second-order valence-electron chi connectivity index (χ2n) is 9.02. The summed E-state index contributed by atoms with van der Waals surface area (Å²) in [6.07, 6.45) is 1.97. The number of nitrogens with zero attached hydrogens (tertiary/aromatic N) is 1. The zero-order valence-corrected chi connectivity index (χ0v) is 21.4. The van der Waals surface area contributed by atoms with Gasteiger partial charge in [0.1, 0.15) is 11.2 Å². The van der Waals surface area contributed by atoms with Gasteiger partial charge in [0.25, 0.3) is 0 Å². The molecule has 0 fully saturated rings. The van der Waals surface area contributed by atoms with E-state index in [9.17, 15) is 0 Å². The number of hydrogen-bond donors (Lipinski definition) is 0. The van der Waals surface area contributed by atoms with Crippen LogP contribution in [0.2, 0.25) is 0 Å².